The Balaban J connectivity index is 2.05. The SMILES string of the molecule is Nc1ccn(C2OC(COP(=O)([O-])OP(=O)([O-])OP(=O)([O-])[O-])C(O)C2F)c(=O)n1. The third kappa shape index (κ3) is 6.72. The maximum Gasteiger partial charge on any atom is 0.351 e. The van der Waals surface area contributed by atoms with E-state index in [4.69, 9.17) is 10.5 Å². The van der Waals surface area contributed by atoms with Gasteiger partial charge in [-0.25, -0.2) is 13.5 Å². The number of halogens is 1. The molecule has 1 saturated heterocycles. The Hall–Kier alpha value is -1.06. The Morgan fingerprint density at radius 2 is 1.86 bits per heavy atom. The molecule has 0 amide bonds. The quantitative estimate of drug-likeness (QED) is 0.338. The Morgan fingerprint density at radius 3 is 2.41 bits per heavy atom. The van der Waals surface area contributed by atoms with Gasteiger partial charge < -0.3 is 44.2 Å². The lowest BCUT2D eigenvalue weighted by molar-refractivity contribution is -0.339. The van der Waals surface area contributed by atoms with Crippen LogP contribution in [0, 0.1) is 0 Å². The maximum atomic E-state index is 14.2. The summed E-state index contributed by atoms with van der Waals surface area (Å²) in [7, 11) is -18.2. The summed E-state index contributed by atoms with van der Waals surface area (Å²) in [6.45, 7) is -1.22. The van der Waals surface area contributed by atoms with E-state index in [1.807, 2.05) is 0 Å². The monoisotopic (exact) mass is 481 g/mol. The number of nitrogens with zero attached hydrogens (tertiary/aromatic N) is 2. The molecule has 0 saturated carbocycles. The van der Waals surface area contributed by atoms with Crippen molar-refractivity contribution in [3.05, 3.63) is 22.7 Å². The number of nitrogens with two attached hydrogens (primary N) is 1. The molecule has 2 rings (SSSR count). The van der Waals surface area contributed by atoms with Crippen LogP contribution in [0.25, 0.3) is 0 Å². The van der Waals surface area contributed by atoms with Crippen molar-refractivity contribution in [3.8, 4) is 0 Å². The molecule has 0 aliphatic carbocycles. The number of hydrogen-bond donors (Lipinski definition) is 2. The molecule has 0 radical (unpaired) electrons. The third-order valence-corrected chi connectivity index (χ3v) is 6.88. The van der Waals surface area contributed by atoms with Gasteiger partial charge in [0.05, 0.1) is 14.4 Å². The first-order chi connectivity index (χ1) is 13.1. The summed E-state index contributed by atoms with van der Waals surface area (Å²) in [5.74, 6) is -0.186. The number of anilines is 1. The van der Waals surface area contributed by atoms with Crippen LogP contribution in [0.2, 0.25) is 0 Å². The van der Waals surface area contributed by atoms with Crippen molar-refractivity contribution in [2.45, 2.75) is 24.6 Å². The van der Waals surface area contributed by atoms with E-state index in [0.717, 1.165) is 12.3 Å². The van der Waals surface area contributed by atoms with E-state index in [-0.39, 0.29) is 5.82 Å². The Morgan fingerprint density at radius 1 is 1.24 bits per heavy atom. The fourth-order valence-corrected chi connectivity index (χ4v) is 5.00. The van der Waals surface area contributed by atoms with Gasteiger partial charge in [-0.05, 0) is 6.07 Å². The zero-order valence-corrected chi connectivity index (χ0v) is 16.4. The minimum atomic E-state index is -6.18. The number of aliphatic hydroxyl groups is 1. The lowest BCUT2D eigenvalue weighted by atomic mass is 10.1. The van der Waals surface area contributed by atoms with E-state index in [1.165, 1.54) is 0 Å². The molecule has 6 atom stereocenters. The van der Waals surface area contributed by atoms with Crippen molar-refractivity contribution >= 4 is 29.3 Å². The van der Waals surface area contributed by atoms with Crippen LogP contribution in [0.5, 0.6) is 0 Å². The summed E-state index contributed by atoms with van der Waals surface area (Å²) in [6.07, 6.45) is -6.81. The number of phosphoric acid groups is 3. The van der Waals surface area contributed by atoms with Crippen LogP contribution < -0.4 is 31.0 Å². The van der Waals surface area contributed by atoms with Crippen LogP contribution in [-0.2, 0) is 31.6 Å². The average molecular weight is 481 g/mol. The predicted molar refractivity (Wildman–Crippen MR) is 78.7 cm³/mol. The van der Waals surface area contributed by atoms with Crippen LogP contribution in [0.15, 0.2) is 17.1 Å². The van der Waals surface area contributed by atoms with E-state index in [0.29, 0.717) is 4.57 Å². The maximum absolute atomic E-state index is 14.2. The number of aliphatic hydroxyl groups excluding tert-OH is 1. The van der Waals surface area contributed by atoms with Crippen LogP contribution in [0.1, 0.15) is 6.23 Å². The van der Waals surface area contributed by atoms with Gasteiger partial charge in [-0.1, -0.05) is 0 Å². The van der Waals surface area contributed by atoms with Gasteiger partial charge in [-0.2, -0.15) is 4.98 Å². The molecule has 16 nitrogen and oxygen atoms in total. The summed E-state index contributed by atoms with van der Waals surface area (Å²) < 4.78 is 62.9. The van der Waals surface area contributed by atoms with Crippen LogP contribution >= 0.6 is 23.5 Å². The van der Waals surface area contributed by atoms with Gasteiger partial charge in [-0.15, -0.1) is 0 Å². The number of nitrogen functional groups attached to an aromatic ring is 1. The molecule has 6 unspecified atom stereocenters. The number of alkyl halides is 1. The Labute approximate surface area is 160 Å². The number of hydrogen-bond acceptors (Lipinski definition) is 15. The van der Waals surface area contributed by atoms with Gasteiger partial charge in [0.1, 0.15) is 18.0 Å². The highest BCUT2D eigenvalue weighted by molar-refractivity contribution is 7.64. The second-order valence-electron chi connectivity index (χ2n) is 5.34. The first kappa shape index (κ1) is 24.2. The highest BCUT2D eigenvalue weighted by Gasteiger charge is 2.46. The first-order valence-electron chi connectivity index (χ1n) is 7.14. The molecule has 1 fully saturated rings. The molecule has 3 N–H and O–H groups in total. The van der Waals surface area contributed by atoms with E-state index < -0.39 is 60.4 Å². The fraction of sp³-hybridized carbons (Fsp3) is 0.556. The second-order valence-corrected chi connectivity index (χ2v) is 9.59. The average Bonchev–Trinajstić information content (AvgIpc) is 2.78. The highest BCUT2D eigenvalue weighted by atomic mass is 31.3. The number of phosphoric ester groups is 1. The molecular weight excluding hydrogens is 470 g/mol. The molecule has 1 aliphatic heterocycles. The van der Waals surface area contributed by atoms with Crippen molar-refractivity contribution in [2.24, 2.45) is 0 Å². The van der Waals surface area contributed by atoms with E-state index in [1.54, 1.807) is 0 Å². The van der Waals surface area contributed by atoms with Crippen molar-refractivity contribution in [3.63, 3.8) is 0 Å². The molecule has 0 bridgehead atoms. The zero-order chi connectivity index (χ0) is 22.2. The fourth-order valence-electron chi connectivity index (χ4n) is 2.13. The lowest BCUT2D eigenvalue weighted by Gasteiger charge is -2.37. The van der Waals surface area contributed by atoms with Gasteiger partial charge in [0.2, 0.25) is 0 Å². The molecule has 2 heterocycles. The van der Waals surface area contributed by atoms with Gasteiger partial charge in [0.15, 0.2) is 12.4 Å². The van der Waals surface area contributed by atoms with Crippen molar-refractivity contribution in [1.29, 1.82) is 0 Å². The minimum absolute atomic E-state index is 0.186. The van der Waals surface area contributed by atoms with Crippen molar-refractivity contribution in [1.82, 2.24) is 9.55 Å². The van der Waals surface area contributed by atoms with Gasteiger partial charge >= 0.3 is 5.69 Å². The summed E-state index contributed by atoms with van der Waals surface area (Å²) in [4.78, 5) is 58.0. The van der Waals surface area contributed by atoms with Crippen LogP contribution in [0.4, 0.5) is 10.2 Å². The Bertz CT molecular complexity index is 951. The normalized spacial score (nSPS) is 29.3. The largest absolute Gasteiger partial charge is 0.790 e. The number of aromatic nitrogens is 2. The second kappa shape index (κ2) is 8.59. The summed E-state index contributed by atoms with van der Waals surface area (Å²) in [6, 6.07) is 1.11. The first-order valence-corrected chi connectivity index (χ1v) is 11.5. The van der Waals surface area contributed by atoms with Gasteiger partial charge in [-0.3, -0.25) is 18.0 Å². The zero-order valence-electron chi connectivity index (χ0n) is 13.7. The smallest absolute Gasteiger partial charge is 0.351 e. The van der Waals surface area contributed by atoms with Crippen LogP contribution in [0.3, 0.4) is 0 Å². The molecule has 166 valence electrons. The highest BCUT2D eigenvalue weighted by Crippen LogP contribution is 2.60. The minimum Gasteiger partial charge on any atom is -0.790 e. The van der Waals surface area contributed by atoms with Crippen molar-refractivity contribution < 1.29 is 60.6 Å². The summed E-state index contributed by atoms with van der Waals surface area (Å²) in [5, 5.41) is 9.78. The topological polar surface area (TPSA) is 262 Å². The van der Waals surface area contributed by atoms with Gasteiger partial charge in [0.25, 0.3) is 15.6 Å². The predicted octanol–water partition coefficient (Wildman–Crippen LogP) is -3.76. The molecular formula is C9H11FN3O13P3-4. The molecule has 1 aliphatic rings. The van der Waals surface area contributed by atoms with Gasteiger partial charge in [0, 0.05) is 6.20 Å². The van der Waals surface area contributed by atoms with E-state index in [2.05, 4.69) is 18.1 Å². The van der Waals surface area contributed by atoms with Crippen molar-refractivity contribution in [2.75, 3.05) is 12.3 Å². The molecule has 1 aromatic heterocycles. The molecule has 1 aromatic rings. The molecule has 0 aromatic carbocycles. The Kier molecular flexibility index (Phi) is 7.17. The molecule has 0 spiro atoms. The van der Waals surface area contributed by atoms with Crippen LogP contribution in [-0.4, -0.2) is 39.6 Å². The molecule has 20 heteroatoms. The summed E-state index contributed by atoms with van der Waals surface area (Å²) in [5.41, 5.74) is 4.23. The van der Waals surface area contributed by atoms with E-state index >= 15 is 0 Å². The standard InChI is InChI=1S/C9H15FN3O13P3/c10-6-7(14)4(24-8(6)13-2-1-5(11)12-9(13)15)3-23-28(19,20)26-29(21,22)25-27(16,17)18/h1-2,4,6-8,14H,3H2,(H,19,20)(H,21,22)(H2,11,12,15)(H2,16,17,18)/p-4. The summed E-state index contributed by atoms with van der Waals surface area (Å²) >= 11 is 0. The lowest BCUT2D eigenvalue weighted by Crippen LogP contribution is -2.33. The number of ether oxygens (including phenoxy) is 1. The number of rotatable bonds is 8. The third-order valence-electron chi connectivity index (χ3n) is 3.22. The van der Waals surface area contributed by atoms with E-state index in [9.17, 15) is 47.6 Å². The molecule has 29 heavy (non-hydrogen) atoms.